The number of carbonyl (C=O) groups excluding carboxylic acids is 3. The molecule has 2 heterocycles. The minimum absolute atomic E-state index is 0.158. The van der Waals surface area contributed by atoms with Gasteiger partial charge in [-0.1, -0.05) is 29.3 Å². The summed E-state index contributed by atoms with van der Waals surface area (Å²) in [5, 5.41) is 3.59. The molecule has 9 nitrogen and oxygen atoms in total. The number of methoxy groups -OCH3 is 1. The first-order chi connectivity index (χ1) is 17.7. The van der Waals surface area contributed by atoms with E-state index in [1.807, 2.05) is 19.1 Å². The van der Waals surface area contributed by atoms with Crippen LogP contribution in [0.3, 0.4) is 0 Å². The molecule has 37 heavy (non-hydrogen) atoms. The zero-order valence-electron chi connectivity index (χ0n) is 19.7. The number of carbonyl (C=O) groups is 3. The Morgan fingerprint density at radius 2 is 1.84 bits per heavy atom. The molecule has 3 aromatic rings. The Morgan fingerprint density at radius 3 is 2.59 bits per heavy atom. The number of anilines is 1. The maximum absolute atomic E-state index is 12.6. The zero-order chi connectivity index (χ0) is 26.5. The van der Waals surface area contributed by atoms with Crippen LogP contribution in [0.1, 0.15) is 26.4 Å². The summed E-state index contributed by atoms with van der Waals surface area (Å²) in [4.78, 5) is 38.0. The van der Waals surface area contributed by atoms with Crippen LogP contribution < -0.4 is 19.5 Å². The fraction of sp³-hybridized carbons (Fsp3) is 0.240. The lowest BCUT2D eigenvalue weighted by Crippen LogP contribution is -2.24. The highest BCUT2D eigenvalue weighted by Gasteiger charge is 2.25. The molecule has 194 valence electrons. The van der Waals surface area contributed by atoms with Crippen LogP contribution in [0.2, 0.25) is 10.0 Å². The van der Waals surface area contributed by atoms with Gasteiger partial charge in [-0.3, -0.25) is 4.79 Å². The molecule has 12 heteroatoms. The molecule has 0 aliphatic carbocycles. The van der Waals surface area contributed by atoms with Crippen LogP contribution >= 0.6 is 34.5 Å². The molecule has 0 unspecified atom stereocenters. The third kappa shape index (κ3) is 6.46. The van der Waals surface area contributed by atoms with Crippen molar-refractivity contribution in [3.63, 3.8) is 0 Å². The monoisotopic (exact) mass is 565 g/mol. The molecule has 1 aromatic heterocycles. The molecule has 0 saturated heterocycles. The zero-order valence-corrected chi connectivity index (χ0v) is 22.1. The molecule has 1 aliphatic heterocycles. The van der Waals surface area contributed by atoms with E-state index >= 15 is 0 Å². The van der Waals surface area contributed by atoms with Crippen LogP contribution in [0, 0.1) is 6.92 Å². The third-order valence-corrected chi connectivity index (χ3v) is 6.87. The van der Waals surface area contributed by atoms with Crippen LogP contribution in [0.5, 0.6) is 17.2 Å². The van der Waals surface area contributed by atoms with E-state index in [1.165, 1.54) is 30.6 Å². The molecule has 4 rings (SSSR count). The summed E-state index contributed by atoms with van der Waals surface area (Å²) in [6.07, 6.45) is 0.402. The second kappa shape index (κ2) is 11.7. The molecule has 1 N–H and O–H groups in total. The molecule has 0 radical (unpaired) electrons. The molecule has 0 spiro atoms. The van der Waals surface area contributed by atoms with Crippen LogP contribution in [0.4, 0.5) is 5.00 Å². The van der Waals surface area contributed by atoms with E-state index in [4.69, 9.17) is 46.9 Å². The van der Waals surface area contributed by atoms with E-state index in [2.05, 4.69) is 5.32 Å². The van der Waals surface area contributed by atoms with Gasteiger partial charge in [0.2, 0.25) is 6.79 Å². The van der Waals surface area contributed by atoms with Gasteiger partial charge in [-0.15, -0.1) is 11.3 Å². The number of ether oxygens (including phenoxy) is 5. The van der Waals surface area contributed by atoms with E-state index in [1.54, 1.807) is 12.1 Å². The van der Waals surface area contributed by atoms with Crippen LogP contribution in [0.25, 0.3) is 0 Å². The Morgan fingerprint density at radius 1 is 1.05 bits per heavy atom. The van der Waals surface area contributed by atoms with Gasteiger partial charge in [-0.2, -0.15) is 0 Å². The van der Waals surface area contributed by atoms with Crippen molar-refractivity contribution in [3.05, 3.63) is 68.0 Å². The molecular formula is C25H21Cl2NO8S. The number of aryl methyl sites for hydroxylation is 1. The lowest BCUT2D eigenvalue weighted by Gasteiger charge is -2.10. The summed E-state index contributed by atoms with van der Waals surface area (Å²) < 4.78 is 26.0. The molecule has 0 saturated carbocycles. The van der Waals surface area contributed by atoms with E-state index in [0.717, 1.165) is 10.4 Å². The Labute approximate surface area is 226 Å². The van der Waals surface area contributed by atoms with Crippen molar-refractivity contribution in [3.8, 4) is 17.2 Å². The summed E-state index contributed by atoms with van der Waals surface area (Å²) in [6.45, 7) is 0.963. The summed E-state index contributed by atoms with van der Waals surface area (Å²) in [6, 6.07) is 10.1. The molecule has 2 aromatic carbocycles. The largest absolute Gasteiger partial charge is 0.480 e. The topological polar surface area (TPSA) is 109 Å². The SMILES string of the molecule is COC(=O)c1c(NC(=O)COC(=O)COc2ccc(Cl)cc2Cl)sc(C)c1Cc1ccc2c(c1)OCO2. The summed E-state index contributed by atoms with van der Waals surface area (Å²) >= 11 is 13.1. The van der Waals surface area contributed by atoms with Crippen molar-refractivity contribution in [2.24, 2.45) is 0 Å². The lowest BCUT2D eigenvalue weighted by atomic mass is 10.0. The average molecular weight is 566 g/mol. The van der Waals surface area contributed by atoms with Crippen LogP contribution in [-0.4, -0.2) is 45.0 Å². The number of amides is 1. The minimum Gasteiger partial charge on any atom is -0.480 e. The fourth-order valence-corrected chi connectivity index (χ4v) is 5.07. The normalized spacial score (nSPS) is 11.7. The number of rotatable bonds is 9. The van der Waals surface area contributed by atoms with Gasteiger partial charge in [-0.05, 0) is 54.8 Å². The number of nitrogens with one attached hydrogen (secondary N) is 1. The van der Waals surface area contributed by atoms with Gasteiger partial charge in [0.05, 0.1) is 17.7 Å². The number of hydrogen-bond donors (Lipinski definition) is 1. The number of fused-ring (bicyclic) bond motifs is 1. The van der Waals surface area contributed by atoms with E-state index in [9.17, 15) is 14.4 Å². The average Bonchev–Trinajstić information content (AvgIpc) is 3.45. The number of thiophene rings is 1. The Kier molecular flexibility index (Phi) is 8.42. The highest BCUT2D eigenvalue weighted by molar-refractivity contribution is 7.16. The first-order valence-electron chi connectivity index (χ1n) is 10.9. The molecule has 0 fully saturated rings. The number of halogens is 2. The highest BCUT2D eigenvalue weighted by Crippen LogP contribution is 2.37. The summed E-state index contributed by atoms with van der Waals surface area (Å²) in [7, 11) is 1.26. The van der Waals surface area contributed by atoms with Gasteiger partial charge in [0, 0.05) is 9.90 Å². The molecule has 0 atom stereocenters. The molecule has 1 amide bonds. The van der Waals surface area contributed by atoms with E-state index in [-0.39, 0.29) is 23.1 Å². The maximum Gasteiger partial charge on any atom is 0.344 e. The minimum atomic E-state index is -0.778. The van der Waals surface area contributed by atoms with Gasteiger partial charge < -0.3 is 29.0 Å². The first-order valence-corrected chi connectivity index (χ1v) is 12.4. The van der Waals surface area contributed by atoms with Crippen molar-refractivity contribution in [2.75, 3.05) is 32.4 Å². The van der Waals surface area contributed by atoms with E-state index in [0.29, 0.717) is 33.5 Å². The van der Waals surface area contributed by atoms with Crippen LogP contribution in [0.15, 0.2) is 36.4 Å². The van der Waals surface area contributed by atoms with Gasteiger partial charge in [0.1, 0.15) is 10.8 Å². The Balaban J connectivity index is 1.39. The van der Waals surface area contributed by atoms with Crippen molar-refractivity contribution < 1.29 is 38.1 Å². The third-order valence-electron chi connectivity index (χ3n) is 5.27. The quantitative estimate of drug-likeness (QED) is 0.360. The molecule has 0 bridgehead atoms. The molecule has 1 aliphatic rings. The predicted molar refractivity (Wildman–Crippen MR) is 137 cm³/mol. The molecular weight excluding hydrogens is 545 g/mol. The van der Waals surface area contributed by atoms with Crippen molar-refractivity contribution in [1.29, 1.82) is 0 Å². The predicted octanol–water partition coefficient (Wildman–Crippen LogP) is 5.03. The van der Waals surface area contributed by atoms with Crippen molar-refractivity contribution >= 4 is 57.4 Å². The number of esters is 2. The fourth-order valence-electron chi connectivity index (χ4n) is 3.53. The second-order valence-corrected chi connectivity index (χ2v) is 9.84. The standard InChI is InChI=1S/C25H21Cl2NO8S/c1-13-16(7-14-3-5-19-20(8-14)36-12-35-19)23(25(31)32-2)24(37-13)28-21(29)10-34-22(30)11-33-18-6-4-15(26)9-17(18)27/h3-6,8-9H,7,10-12H2,1-2H3,(H,28,29). The summed E-state index contributed by atoms with van der Waals surface area (Å²) in [5.41, 5.74) is 1.84. The van der Waals surface area contributed by atoms with Gasteiger partial charge >= 0.3 is 11.9 Å². The Hall–Kier alpha value is -3.47. The Bertz CT molecular complexity index is 1360. The number of benzene rings is 2. The maximum atomic E-state index is 12.6. The number of hydrogen-bond acceptors (Lipinski definition) is 9. The van der Waals surface area contributed by atoms with Crippen molar-refractivity contribution in [2.45, 2.75) is 13.3 Å². The summed E-state index contributed by atoms with van der Waals surface area (Å²) in [5.74, 6) is -0.468. The first kappa shape index (κ1) is 26.6. The second-order valence-electron chi connectivity index (χ2n) is 7.77. The van der Waals surface area contributed by atoms with Crippen LogP contribution in [-0.2, 0) is 25.5 Å². The lowest BCUT2D eigenvalue weighted by molar-refractivity contribution is -0.149. The highest BCUT2D eigenvalue weighted by atomic mass is 35.5. The van der Waals surface area contributed by atoms with Gasteiger partial charge in [-0.25, -0.2) is 9.59 Å². The van der Waals surface area contributed by atoms with Gasteiger partial charge in [0.25, 0.3) is 5.91 Å². The van der Waals surface area contributed by atoms with Crippen molar-refractivity contribution in [1.82, 2.24) is 0 Å². The smallest absolute Gasteiger partial charge is 0.344 e. The van der Waals surface area contributed by atoms with Gasteiger partial charge in [0.15, 0.2) is 24.7 Å². The van der Waals surface area contributed by atoms with E-state index < -0.39 is 31.1 Å².